The zero-order valence-electron chi connectivity index (χ0n) is 18.6. The third-order valence-electron chi connectivity index (χ3n) is 8.96. The molecule has 5 aliphatic carbocycles. The SMILES string of the molecule is CCC(C)c1ccc(OC(CC23CC4CC(CC2C4)C3)OC2CCCCC2)cc1. The highest BCUT2D eigenvalue weighted by Gasteiger charge is 2.58. The van der Waals surface area contributed by atoms with Crippen molar-refractivity contribution in [3.05, 3.63) is 29.8 Å². The molecular weight excluding hydrogens is 356 g/mol. The van der Waals surface area contributed by atoms with Gasteiger partial charge in [0.15, 0.2) is 0 Å². The van der Waals surface area contributed by atoms with Crippen LogP contribution >= 0.6 is 0 Å². The largest absolute Gasteiger partial charge is 0.465 e. The van der Waals surface area contributed by atoms with E-state index >= 15 is 0 Å². The zero-order chi connectivity index (χ0) is 19.8. The van der Waals surface area contributed by atoms with Gasteiger partial charge in [0, 0.05) is 6.42 Å². The Balaban J connectivity index is 1.30. The molecule has 29 heavy (non-hydrogen) atoms. The Labute approximate surface area is 177 Å². The molecule has 4 bridgehead atoms. The van der Waals surface area contributed by atoms with Gasteiger partial charge >= 0.3 is 0 Å². The molecule has 0 amide bonds. The van der Waals surface area contributed by atoms with Crippen molar-refractivity contribution < 1.29 is 9.47 Å². The molecule has 160 valence electrons. The molecule has 0 N–H and O–H groups in total. The van der Waals surface area contributed by atoms with Gasteiger partial charge in [-0.1, -0.05) is 45.2 Å². The molecule has 4 atom stereocenters. The maximum Gasteiger partial charge on any atom is 0.200 e. The average Bonchev–Trinajstić information content (AvgIpc) is 3.11. The topological polar surface area (TPSA) is 18.5 Å². The van der Waals surface area contributed by atoms with E-state index in [-0.39, 0.29) is 6.29 Å². The zero-order valence-corrected chi connectivity index (χ0v) is 18.6. The quantitative estimate of drug-likeness (QED) is 0.424. The summed E-state index contributed by atoms with van der Waals surface area (Å²) >= 11 is 0. The molecule has 5 fully saturated rings. The highest BCUT2D eigenvalue weighted by molar-refractivity contribution is 5.29. The molecule has 0 aliphatic heterocycles. The van der Waals surface area contributed by atoms with Crippen LogP contribution in [0.4, 0.5) is 0 Å². The van der Waals surface area contributed by atoms with Gasteiger partial charge < -0.3 is 9.47 Å². The van der Waals surface area contributed by atoms with Crippen LogP contribution in [0.15, 0.2) is 24.3 Å². The lowest BCUT2D eigenvalue weighted by atomic mass is 9.73. The first-order chi connectivity index (χ1) is 14.1. The summed E-state index contributed by atoms with van der Waals surface area (Å²) in [6.45, 7) is 4.56. The molecule has 0 aromatic heterocycles. The van der Waals surface area contributed by atoms with Gasteiger partial charge in [-0.25, -0.2) is 0 Å². The molecule has 0 heterocycles. The number of hydrogen-bond acceptors (Lipinski definition) is 2. The highest BCUT2D eigenvalue weighted by Crippen LogP contribution is 2.67. The summed E-state index contributed by atoms with van der Waals surface area (Å²) in [4.78, 5) is 0. The summed E-state index contributed by atoms with van der Waals surface area (Å²) in [5.74, 6) is 4.55. The molecule has 4 unspecified atom stereocenters. The van der Waals surface area contributed by atoms with E-state index in [4.69, 9.17) is 9.47 Å². The lowest BCUT2D eigenvalue weighted by molar-refractivity contribution is -0.149. The number of rotatable bonds is 8. The Bertz CT molecular complexity index is 660. The molecule has 0 spiro atoms. The van der Waals surface area contributed by atoms with Gasteiger partial charge in [0.25, 0.3) is 0 Å². The first-order valence-corrected chi connectivity index (χ1v) is 12.6. The summed E-state index contributed by atoms with van der Waals surface area (Å²) in [6, 6.07) is 8.86. The maximum absolute atomic E-state index is 6.69. The van der Waals surface area contributed by atoms with E-state index in [1.54, 1.807) is 0 Å². The summed E-state index contributed by atoms with van der Waals surface area (Å²) < 4.78 is 13.3. The normalized spacial score (nSPS) is 35.7. The van der Waals surface area contributed by atoms with Gasteiger partial charge in [0.05, 0.1) is 6.10 Å². The first-order valence-electron chi connectivity index (χ1n) is 12.6. The summed E-state index contributed by atoms with van der Waals surface area (Å²) in [5, 5.41) is 0. The molecule has 1 aromatic carbocycles. The standard InChI is InChI=1S/C27H40O2/c1-3-19(2)22-9-11-25(12-10-22)29-26(28-24-7-5-4-6-8-24)18-27-16-20-13-21(17-27)15-23(27)14-20/h9-12,19-21,23-24,26H,3-8,13-18H2,1-2H3. The van der Waals surface area contributed by atoms with E-state index in [2.05, 4.69) is 38.1 Å². The third kappa shape index (κ3) is 4.11. The Morgan fingerprint density at radius 3 is 2.31 bits per heavy atom. The second-order valence-corrected chi connectivity index (χ2v) is 10.9. The Morgan fingerprint density at radius 1 is 0.966 bits per heavy atom. The van der Waals surface area contributed by atoms with Crippen molar-refractivity contribution in [2.45, 2.75) is 109 Å². The smallest absolute Gasteiger partial charge is 0.200 e. The number of ether oxygens (including phenoxy) is 2. The second kappa shape index (κ2) is 8.25. The van der Waals surface area contributed by atoms with Crippen LogP contribution in [-0.2, 0) is 4.74 Å². The van der Waals surface area contributed by atoms with Crippen molar-refractivity contribution >= 4 is 0 Å². The van der Waals surface area contributed by atoms with E-state index in [0.717, 1.165) is 29.9 Å². The van der Waals surface area contributed by atoms with Crippen LogP contribution in [0.2, 0.25) is 0 Å². The van der Waals surface area contributed by atoms with Crippen LogP contribution in [0, 0.1) is 23.2 Å². The van der Waals surface area contributed by atoms with Crippen LogP contribution < -0.4 is 4.74 Å². The van der Waals surface area contributed by atoms with E-state index in [1.807, 2.05) is 0 Å². The Kier molecular flexibility index (Phi) is 5.67. The lowest BCUT2D eigenvalue weighted by Gasteiger charge is -2.37. The van der Waals surface area contributed by atoms with Gasteiger partial charge in [-0.3, -0.25) is 0 Å². The number of benzene rings is 1. The molecule has 2 nitrogen and oxygen atoms in total. The molecule has 6 rings (SSSR count). The third-order valence-corrected chi connectivity index (χ3v) is 8.96. The summed E-state index contributed by atoms with van der Waals surface area (Å²) in [5.41, 5.74) is 1.93. The second-order valence-electron chi connectivity index (χ2n) is 10.9. The van der Waals surface area contributed by atoms with Gasteiger partial charge in [0.1, 0.15) is 5.75 Å². The molecule has 0 radical (unpaired) electrons. The van der Waals surface area contributed by atoms with Crippen LogP contribution in [0.3, 0.4) is 0 Å². The van der Waals surface area contributed by atoms with E-state index in [9.17, 15) is 0 Å². The summed E-state index contributed by atoms with van der Waals surface area (Å²) in [6.07, 6.45) is 16.4. The van der Waals surface area contributed by atoms with Gasteiger partial charge in [-0.15, -0.1) is 0 Å². The maximum atomic E-state index is 6.69. The minimum atomic E-state index is -0.0642. The van der Waals surface area contributed by atoms with Gasteiger partial charge in [-0.05, 0) is 98.1 Å². The van der Waals surface area contributed by atoms with Crippen LogP contribution in [-0.4, -0.2) is 12.4 Å². The fourth-order valence-corrected chi connectivity index (χ4v) is 7.43. The number of hydrogen-bond donors (Lipinski definition) is 0. The molecule has 5 saturated carbocycles. The highest BCUT2D eigenvalue weighted by atomic mass is 16.7. The van der Waals surface area contributed by atoms with Gasteiger partial charge in [-0.2, -0.15) is 0 Å². The van der Waals surface area contributed by atoms with E-state index < -0.39 is 0 Å². The fraction of sp³-hybridized carbons (Fsp3) is 0.778. The van der Waals surface area contributed by atoms with E-state index in [0.29, 0.717) is 17.4 Å². The predicted octanol–water partition coefficient (Wildman–Crippen LogP) is 7.47. The first kappa shape index (κ1) is 19.9. The predicted molar refractivity (Wildman–Crippen MR) is 118 cm³/mol. The van der Waals surface area contributed by atoms with Crippen LogP contribution in [0.25, 0.3) is 0 Å². The van der Waals surface area contributed by atoms with Crippen molar-refractivity contribution in [1.82, 2.24) is 0 Å². The van der Waals surface area contributed by atoms with Crippen molar-refractivity contribution in [2.75, 3.05) is 0 Å². The Morgan fingerprint density at radius 2 is 1.66 bits per heavy atom. The molecular formula is C27H40O2. The van der Waals surface area contributed by atoms with E-state index in [1.165, 1.54) is 76.2 Å². The van der Waals surface area contributed by atoms with Crippen molar-refractivity contribution in [1.29, 1.82) is 0 Å². The average molecular weight is 397 g/mol. The van der Waals surface area contributed by atoms with Gasteiger partial charge in [0.2, 0.25) is 6.29 Å². The molecule has 0 saturated heterocycles. The molecule has 5 aliphatic rings. The minimum absolute atomic E-state index is 0.0642. The van der Waals surface area contributed by atoms with Crippen LogP contribution in [0.5, 0.6) is 5.75 Å². The summed E-state index contributed by atoms with van der Waals surface area (Å²) in [7, 11) is 0. The minimum Gasteiger partial charge on any atom is -0.465 e. The Hall–Kier alpha value is -1.02. The lowest BCUT2D eigenvalue weighted by Crippen LogP contribution is -2.36. The monoisotopic (exact) mass is 396 g/mol. The van der Waals surface area contributed by atoms with Crippen molar-refractivity contribution in [3.63, 3.8) is 0 Å². The van der Waals surface area contributed by atoms with Crippen LogP contribution in [0.1, 0.15) is 102 Å². The van der Waals surface area contributed by atoms with Crippen molar-refractivity contribution in [2.24, 2.45) is 23.2 Å². The van der Waals surface area contributed by atoms with Crippen molar-refractivity contribution in [3.8, 4) is 5.75 Å². The molecule has 2 heteroatoms. The molecule has 1 aromatic rings. The fourth-order valence-electron chi connectivity index (χ4n) is 7.43.